The predicted octanol–water partition coefficient (Wildman–Crippen LogP) is 5.31. The van der Waals surface area contributed by atoms with Gasteiger partial charge in [0.05, 0.1) is 5.60 Å². The Balaban J connectivity index is 1.48. The second-order valence-electron chi connectivity index (χ2n) is 12.4. The summed E-state index contributed by atoms with van der Waals surface area (Å²) in [5.74, 6) is 2.88. The highest BCUT2D eigenvalue weighted by molar-refractivity contribution is 5.21. The van der Waals surface area contributed by atoms with E-state index in [0.717, 1.165) is 30.6 Å². The fourth-order valence-corrected chi connectivity index (χ4v) is 10.8. The molecule has 8 aliphatic rings. The highest BCUT2D eigenvalue weighted by Gasteiger charge is 2.70. The largest absolute Gasteiger partial charge is 0.390 e. The van der Waals surface area contributed by atoms with E-state index in [1.54, 1.807) is 6.42 Å². The average Bonchev–Trinajstić information content (AvgIpc) is 2.30. The second kappa shape index (κ2) is 3.71. The van der Waals surface area contributed by atoms with E-state index >= 15 is 0 Å². The zero-order valence-corrected chi connectivity index (χ0v) is 15.2. The van der Waals surface area contributed by atoms with E-state index in [4.69, 9.17) is 0 Å². The molecule has 0 radical (unpaired) electrons. The molecule has 0 aliphatic heterocycles. The molecule has 0 aromatic rings. The molecule has 0 amide bonds. The lowest BCUT2D eigenvalue weighted by Gasteiger charge is -2.74. The van der Waals surface area contributed by atoms with E-state index in [1.165, 1.54) is 57.8 Å². The van der Waals surface area contributed by atoms with Gasteiger partial charge in [-0.1, -0.05) is 13.8 Å². The van der Waals surface area contributed by atoms with E-state index < -0.39 is 0 Å². The Morgan fingerprint density at radius 1 is 0.609 bits per heavy atom. The molecule has 1 N–H and O–H groups in total. The summed E-state index contributed by atoms with van der Waals surface area (Å²) in [5, 5.41) is 11.4. The average molecular weight is 315 g/mol. The number of hydrogen-bond donors (Lipinski definition) is 1. The fraction of sp³-hybridized carbons (Fsp3) is 1.00. The first-order valence-corrected chi connectivity index (χ1v) is 10.5. The smallest absolute Gasteiger partial charge is 0.0661 e. The molecule has 0 heterocycles. The van der Waals surface area contributed by atoms with E-state index in [1.807, 2.05) is 0 Å². The first kappa shape index (κ1) is 14.2. The molecule has 1 heteroatoms. The zero-order chi connectivity index (χ0) is 15.7. The number of aliphatic hydroxyl groups is 1. The van der Waals surface area contributed by atoms with Crippen LogP contribution in [-0.2, 0) is 0 Å². The minimum atomic E-state index is -0.293. The van der Waals surface area contributed by atoms with Crippen LogP contribution in [0, 0.1) is 39.4 Å². The molecule has 0 spiro atoms. The van der Waals surface area contributed by atoms with Gasteiger partial charge in [-0.25, -0.2) is 0 Å². The third kappa shape index (κ3) is 1.69. The normalized spacial score (nSPS) is 68.7. The van der Waals surface area contributed by atoms with Crippen molar-refractivity contribution in [1.82, 2.24) is 0 Å². The predicted molar refractivity (Wildman–Crippen MR) is 91.9 cm³/mol. The number of rotatable bonds is 1. The van der Waals surface area contributed by atoms with Gasteiger partial charge in [-0.2, -0.15) is 0 Å². The molecule has 8 saturated carbocycles. The van der Waals surface area contributed by atoms with Crippen LogP contribution in [0.4, 0.5) is 0 Å². The first-order chi connectivity index (χ1) is 10.7. The van der Waals surface area contributed by atoms with Gasteiger partial charge in [-0.3, -0.25) is 0 Å². The summed E-state index contributed by atoms with van der Waals surface area (Å²) in [4.78, 5) is 0. The molecule has 1 nitrogen and oxygen atoms in total. The van der Waals surface area contributed by atoms with Crippen LogP contribution in [0.25, 0.3) is 0 Å². The summed E-state index contributed by atoms with van der Waals surface area (Å²) < 4.78 is 0. The van der Waals surface area contributed by atoms with Gasteiger partial charge in [0.2, 0.25) is 0 Å². The van der Waals surface area contributed by atoms with Crippen LogP contribution < -0.4 is 0 Å². The Morgan fingerprint density at radius 3 is 1.83 bits per heavy atom. The standard InChI is InChI=1S/C22H34O/c1-18-4-15-3-16(5-18)8-20(7-15,11-18)21-9-17-6-19(2,12-21)13-22(23,10-17)14-21/h15-17,23H,3-14H2,1-2H3. The lowest BCUT2D eigenvalue weighted by molar-refractivity contribution is -0.269. The summed E-state index contributed by atoms with van der Waals surface area (Å²) in [5.41, 5.74) is 1.93. The van der Waals surface area contributed by atoms with Crippen LogP contribution in [0.1, 0.15) is 90.9 Å². The van der Waals surface area contributed by atoms with Crippen molar-refractivity contribution in [3.8, 4) is 0 Å². The molecule has 6 atom stereocenters. The van der Waals surface area contributed by atoms with Gasteiger partial charge in [0.25, 0.3) is 0 Å². The summed E-state index contributed by atoms with van der Waals surface area (Å²) in [6, 6.07) is 0. The third-order valence-corrected chi connectivity index (χ3v) is 9.80. The molecular weight excluding hydrogens is 280 g/mol. The Kier molecular flexibility index (Phi) is 2.29. The Bertz CT molecular complexity index is 545. The van der Waals surface area contributed by atoms with E-state index in [0.29, 0.717) is 21.7 Å². The molecule has 6 unspecified atom stereocenters. The first-order valence-electron chi connectivity index (χ1n) is 10.5. The van der Waals surface area contributed by atoms with Crippen molar-refractivity contribution in [3.63, 3.8) is 0 Å². The maximum Gasteiger partial charge on any atom is 0.0661 e. The van der Waals surface area contributed by atoms with Gasteiger partial charge in [0, 0.05) is 0 Å². The second-order valence-corrected chi connectivity index (χ2v) is 12.4. The van der Waals surface area contributed by atoms with Gasteiger partial charge in [0.1, 0.15) is 0 Å². The quantitative estimate of drug-likeness (QED) is 0.695. The van der Waals surface area contributed by atoms with Crippen molar-refractivity contribution in [1.29, 1.82) is 0 Å². The summed E-state index contributed by atoms with van der Waals surface area (Å²) >= 11 is 0. The maximum atomic E-state index is 11.4. The van der Waals surface area contributed by atoms with E-state index in [-0.39, 0.29) is 5.60 Å². The third-order valence-electron chi connectivity index (χ3n) is 9.80. The molecule has 128 valence electrons. The Morgan fingerprint density at radius 2 is 1.22 bits per heavy atom. The molecule has 8 bridgehead atoms. The van der Waals surface area contributed by atoms with Crippen LogP contribution in [0.2, 0.25) is 0 Å². The zero-order valence-electron chi connectivity index (χ0n) is 15.2. The lowest BCUT2D eigenvalue weighted by Crippen LogP contribution is -2.67. The maximum absolute atomic E-state index is 11.4. The van der Waals surface area contributed by atoms with Crippen molar-refractivity contribution in [2.75, 3.05) is 0 Å². The Hall–Kier alpha value is -0.0400. The van der Waals surface area contributed by atoms with Crippen molar-refractivity contribution in [3.05, 3.63) is 0 Å². The summed E-state index contributed by atoms with van der Waals surface area (Å²) in [6.45, 7) is 5.15. The molecule has 8 aliphatic carbocycles. The molecule has 0 aromatic heterocycles. The minimum absolute atomic E-state index is 0.293. The summed E-state index contributed by atoms with van der Waals surface area (Å²) in [6.07, 6.45) is 16.9. The van der Waals surface area contributed by atoms with Crippen LogP contribution >= 0.6 is 0 Å². The van der Waals surface area contributed by atoms with Crippen LogP contribution in [0.15, 0.2) is 0 Å². The molecule has 0 saturated heterocycles. The van der Waals surface area contributed by atoms with Gasteiger partial charge in [0.15, 0.2) is 0 Å². The van der Waals surface area contributed by atoms with Gasteiger partial charge in [-0.05, 0) is 116 Å². The van der Waals surface area contributed by atoms with Crippen molar-refractivity contribution >= 4 is 0 Å². The monoisotopic (exact) mass is 314 g/mol. The van der Waals surface area contributed by atoms with Crippen molar-refractivity contribution < 1.29 is 5.11 Å². The molecule has 0 aromatic carbocycles. The number of hydrogen-bond acceptors (Lipinski definition) is 1. The van der Waals surface area contributed by atoms with Gasteiger partial charge in [-0.15, -0.1) is 0 Å². The van der Waals surface area contributed by atoms with E-state index in [2.05, 4.69) is 13.8 Å². The minimum Gasteiger partial charge on any atom is -0.390 e. The topological polar surface area (TPSA) is 20.2 Å². The van der Waals surface area contributed by atoms with Crippen LogP contribution in [-0.4, -0.2) is 10.7 Å². The summed E-state index contributed by atoms with van der Waals surface area (Å²) in [7, 11) is 0. The molecular formula is C22H34O. The molecule has 23 heavy (non-hydrogen) atoms. The molecule has 8 rings (SSSR count). The highest BCUT2D eigenvalue weighted by atomic mass is 16.3. The molecule has 8 fully saturated rings. The van der Waals surface area contributed by atoms with Gasteiger partial charge < -0.3 is 5.11 Å². The SMILES string of the molecule is CC12CC3CC(C1)CC(C14CC5CC(C)(CC(O)(C5)C1)C4)(C3)C2. The van der Waals surface area contributed by atoms with Crippen LogP contribution in [0.5, 0.6) is 0 Å². The van der Waals surface area contributed by atoms with E-state index in [9.17, 15) is 5.11 Å². The Labute approximate surface area is 141 Å². The highest BCUT2D eigenvalue weighted by Crippen LogP contribution is 2.78. The van der Waals surface area contributed by atoms with Crippen molar-refractivity contribution in [2.24, 2.45) is 39.4 Å². The van der Waals surface area contributed by atoms with Crippen LogP contribution in [0.3, 0.4) is 0 Å². The van der Waals surface area contributed by atoms with Gasteiger partial charge >= 0.3 is 0 Å². The lowest BCUT2D eigenvalue weighted by atomic mass is 9.31. The fourth-order valence-electron chi connectivity index (χ4n) is 10.8. The van der Waals surface area contributed by atoms with Crippen molar-refractivity contribution in [2.45, 2.75) is 96.5 Å².